The average molecular weight is 293 g/mol. The van der Waals surface area contributed by atoms with Crippen molar-refractivity contribution in [2.24, 2.45) is 5.92 Å². The Balaban J connectivity index is 2.36. The highest BCUT2D eigenvalue weighted by Crippen LogP contribution is 2.11. The number of rotatable bonds is 9. The predicted molar refractivity (Wildman–Crippen MR) is 79.3 cm³/mol. The van der Waals surface area contributed by atoms with Crippen LogP contribution < -0.4 is 0 Å². The van der Waals surface area contributed by atoms with Gasteiger partial charge in [0.15, 0.2) is 0 Å². The van der Waals surface area contributed by atoms with E-state index in [2.05, 4.69) is 0 Å². The van der Waals surface area contributed by atoms with Crippen LogP contribution in [0.25, 0.3) is 0 Å². The molecule has 1 unspecified atom stereocenters. The third-order valence-corrected chi connectivity index (χ3v) is 3.28. The van der Waals surface area contributed by atoms with E-state index in [1.54, 1.807) is 0 Å². The van der Waals surface area contributed by atoms with Crippen LogP contribution in [0.5, 0.6) is 0 Å². The molecule has 0 saturated heterocycles. The number of amides is 1. The number of ketones is 1. The van der Waals surface area contributed by atoms with Gasteiger partial charge >= 0.3 is 0 Å². The van der Waals surface area contributed by atoms with E-state index in [0.717, 1.165) is 10.6 Å². The summed E-state index contributed by atoms with van der Waals surface area (Å²) in [7, 11) is 2.91. The highest BCUT2D eigenvalue weighted by molar-refractivity contribution is 6.00. The molecule has 21 heavy (non-hydrogen) atoms. The van der Waals surface area contributed by atoms with Crippen molar-refractivity contribution >= 4 is 11.7 Å². The Morgan fingerprint density at radius 3 is 2.48 bits per heavy atom. The van der Waals surface area contributed by atoms with Crippen molar-refractivity contribution in [2.45, 2.75) is 26.4 Å². The summed E-state index contributed by atoms with van der Waals surface area (Å²) in [5.41, 5.74) is 1.06. The SMILES string of the molecule is CCC(C(=O)CCOCc1ccccc1)C(=O)N(C)OC. The van der Waals surface area contributed by atoms with Crippen molar-refractivity contribution in [3.63, 3.8) is 0 Å². The number of hydrogen-bond donors (Lipinski definition) is 0. The van der Waals surface area contributed by atoms with Crippen molar-refractivity contribution in [3.05, 3.63) is 35.9 Å². The van der Waals surface area contributed by atoms with Crippen LogP contribution in [0.15, 0.2) is 30.3 Å². The topological polar surface area (TPSA) is 55.8 Å². The van der Waals surface area contributed by atoms with E-state index in [1.807, 2.05) is 37.3 Å². The van der Waals surface area contributed by atoms with Crippen LogP contribution in [-0.4, -0.2) is 37.5 Å². The summed E-state index contributed by atoms with van der Waals surface area (Å²) in [4.78, 5) is 28.8. The maximum absolute atomic E-state index is 12.1. The molecule has 0 N–H and O–H groups in total. The predicted octanol–water partition coefficient (Wildman–Crippen LogP) is 2.21. The molecule has 0 bridgehead atoms. The Kier molecular flexibility index (Phi) is 7.64. The second kappa shape index (κ2) is 9.26. The van der Waals surface area contributed by atoms with Crippen LogP contribution in [0.2, 0.25) is 0 Å². The lowest BCUT2D eigenvalue weighted by Crippen LogP contribution is -2.36. The molecule has 0 radical (unpaired) electrons. The minimum atomic E-state index is -0.657. The molecule has 1 rings (SSSR count). The summed E-state index contributed by atoms with van der Waals surface area (Å²) in [6.07, 6.45) is 0.693. The molecular weight excluding hydrogens is 270 g/mol. The van der Waals surface area contributed by atoms with Gasteiger partial charge in [0, 0.05) is 13.5 Å². The monoisotopic (exact) mass is 293 g/mol. The van der Waals surface area contributed by atoms with Crippen molar-refractivity contribution in [1.82, 2.24) is 5.06 Å². The number of carbonyl (C=O) groups is 2. The van der Waals surface area contributed by atoms with Gasteiger partial charge < -0.3 is 4.74 Å². The number of Topliss-reactive ketones (excluding diaryl/α,β-unsaturated/α-hetero) is 1. The van der Waals surface area contributed by atoms with Gasteiger partial charge in [0.05, 0.1) is 26.2 Å². The van der Waals surface area contributed by atoms with Crippen LogP contribution in [0.1, 0.15) is 25.3 Å². The molecule has 116 valence electrons. The molecule has 5 heteroatoms. The zero-order chi connectivity index (χ0) is 15.7. The third-order valence-electron chi connectivity index (χ3n) is 3.28. The van der Waals surface area contributed by atoms with Gasteiger partial charge in [-0.25, -0.2) is 5.06 Å². The fourth-order valence-electron chi connectivity index (χ4n) is 1.96. The molecule has 1 aromatic rings. The zero-order valence-electron chi connectivity index (χ0n) is 12.9. The van der Waals surface area contributed by atoms with Gasteiger partial charge in [-0.15, -0.1) is 0 Å². The average Bonchev–Trinajstić information content (AvgIpc) is 2.52. The smallest absolute Gasteiger partial charge is 0.256 e. The van der Waals surface area contributed by atoms with Gasteiger partial charge in [-0.05, 0) is 12.0 Å². The van der Waals surface area contributed by atoms with Crippen LogP contribution in [-0.2, 0) is 25.8 Å². The number of hydrogen-bond acceptors (Lipinski definition) is 4. The van der Waals surface area contributed by atoms with Crippen molar-refractivity contribution in [3.8, 4) is 0 Å². The molecule has 1 aromatic carbocycles. The summed E-state index contributed by atoms with van der Waals surface area (Å²) < 4.78 is 5.47. The Labute approximate surface area is 125 Å². The molecule has 0 fully saturated rings. The van der Waals surface area contributed by atoms with Gasteiger partial charge in [-0.2, -0.15) is 0 Å². The summed E-state index contributed by atoms with van der Waals surface area (Å²) in [5, 5.41) is 1.09. The minimum Gasteiger partial charge on any atom is -0.376 e. The molecule has 0 heterocycles. The first-order valence-electron chi connectivity index (χ1n) is 7.06. The van der Waals surface area contributed by atoms with E-state index in [-0.39, 0.29) is 18.1 Å². The van der Waals surface area contributed by atoms with Crippen LogP contribution in [0, 0.1) is 5.92 Å². The lowest BCUT2D eigenvalue weighted by Gasteiger charge is -2.19. The minimum absolute atomic E-state index is 0.112. The third kappa shape index (κ3) is 5.65. The number of hydroxylamine groups is 2. The van der Waals surface area contributed by atoms with Crippen LogP contribution in [0.3, 0.4) is 0 Å². The van der Waals surface area contributed by atoms with Gasteiger partial charge in [0.25, 0.3) is 5.91 Å². The molecule has 0 spiro atoms. The quantitative estimate of drug-likeness (QED) is 0.398. The Morgan fingerprint density at radius 2 is 1.90 bits per heavy atom. The first kappa shape index (κ1) is 17.3. The van der Waals surface area contributed by atoms with Crippen molar-refractivity contribution < 1.29 is 19.2 Å². The fraction of sp³-hybridized carbons (Fsp3) is 0.500. The standard InChI is InChI=1S/C16H23NO4/c1-4-14(16(19)17(2)20-3)15(18)10-11-21-12-13-8-6-5-7-9-13/h5-9,14H,4,10-12H2,1-3H3. The number of carbonyl (C=O) groups excluding carboxylic acids is 2. The highest BCUT2D eigenvalue weighted by Gasteiger charge is 2.27. The van der Waals surface area contributed by atoms with Crippen LogP contribution >= 0.6 is 0 Å². The lowest BCUT2D eigenvalue weighted by atomic mass is 9.98. The maximum Gasteiger partial charge on any atom is 0.256 e. The molecular formula is C16H23NO4. The van der Waals surface area contributed by atoms with E-state index in [1.165, 1.54) is 14.2 Å². The highest BCUT2D eigenvalue weighted by atomic mass is 16.7. The molecule has 1 atom stereocenters. The van der Waals surface area contributed by atoms with Gasteiger partial charge in [-0.1, -0.05) is 37.3 Å². The number of nitrogens with zero attached hydrogens (tertiary/aromatic N) is 1. The summed E-state index contributed by atoms with van der Waals surface area (Å²) in [6.45, 7) is 2.60. The van der Waals surface area contributed by atoms with Crippen LogP contribution in [0.4, 0.5) is 0 Å². The summed E-state index contributed by atoms with van der Waals surface area (Å²) in [6, 6.07) is 9.75. The van der Waals surface area contributed by atoms with E-state index in [4.69, 9.17) is 9.57 Å². The molecule has 0 saturated carbocycles. The first-order valence-corrected chi connectivity index (χ1v) is 7.06. The Bertz CT molecular complexity index is 447. The van der Waals surface area contributed by atoms with Crippen molar-refractivity contribution in [1.29, 1.82) is 0 Å². The lowest BCUT2D eigenvalue weighted by molar-refractivity contribution is -0.174. The fourth-order valence-corrected chi connectivity index (χ4v) is 1.96. The van der Waals surface area contributed by atoms with E-state index < -0.39 is 5.92 Å². The zero-order valence-corrected chi connectivity index (χ0v) is 12.9. The molecule has 0 aliphatic heterocycles. The Hall–Kier alpha value is -1.72. The first-order chi connectivity index (χ1) is 10.1. The summed E-state index contributed by atoms with van der Waals surface area (Å²) >= 11 is 0. The second-order valence-corrected chi connectivity index (χ2v) is 4.73. The molecule has 0 aliphatic carbocycles. The number of ether oxygens (including phenoxy) is 1. The molecule has 0 aromatic heterocycles. The van der Waals surface area contributed by atoms with Gasteiger partial charge in [-0.3, -0.25) is 14.4 Å². The molecule has 0 aliphatic rings. The molecule has 1 amide bonds. The largest absolute Gasteiger partial charge is 0.376 e. The second-order valence-electron chi connectivity index (χ2n) is 4.73. The van der Waals surface area contributed by atoms with E-state index >= 15 is 0 Å². The Morgan fingerprint density at radius 1 is 1.24 bits per heavy atom. The molecule has 5 nitrogen and oxygen atoms in total. The number of benzene rings is 1. The van der Waals surface area contributed by atoms with Gasteiger partial charge in [0.2, 0.25) is 0 Å². The van der Waals surface area contributed by atoms with E-state index in [0.29, 0.717) is 19.6 Å². The van der Waals surface area contributed by atoms with Gasteiger partial charge in [0.1, 0.15) is 5.78 Å². The normalized spacial score (nSPS) is 12.0. The van der Waals surface area contributed by atoms with Crippen molar-refractivity contribution in [2.75, 3.05) is 20.8 Å². The maximum atomic E-state index is 12.1. The van der Waals surface area contributed by atoms with E-state index in [9.17, 15) is 9.59 Å². The summed E-state index contributed by atoms with van der Waals surface area (Å²) in [5.74, 6) is -1.08.